The summed E-state index contributed by atoms with van der Waals surface area (Å²) in [6.45, 7) is 12.1. The number of ether oxygens (including phenoxy) is 2. The molecule has 0 saturated heterocycles. The van der Waals surface area contributed by atoms with Gasteiger partial charge in [0.05, 0.1) is 25.8 Å². The Morgan fingerprint density at radius 3 is 2.05 bits per heavy atom. The van der Waals surface area contributed by atoms with Crippen LogP contribution in [-0.4, -0.2) is 78.3 Å². The van der Waals surface area contributed by atoms with Gasteiger partial charge >= 0.3 is 12.1 Å². The van der Waals surface area contributed by atoms with Gasteiger partial charge in [0.2, 0.25) is 0 Å². The monoisotopic (exact) mass is 548 g/mol. The van der Waals surface area contributed by atoms with E-state index in [1.165, 1.54) is 4.57 Å². The highest BCUT2D eigenvalue weighted by atomic mass is 16.5. The fourth-order valence-electron chi connectivity index (χ4n) is 5.65. The van der Waals surface area contributed by atoms with Gasteiger partial charge in [-0.15, -0.1) is 0 Å². The third kappa shape index (κ3) is 5.00. The number of urea groups is 1. The van der Waals surface area contributed by atoms with E-state index in [-0.39, 0.29) is 12.1 Å². The van der Waals surface area contributed by atoms with Crippen molar-refractivity contribution in [3.8, 4) is 11.5 Å². The minimum absolute atomic E-state index is 0.152. The summed E-state index contributed by atoms with van der Waals surface area (Å²) in [4.78, 5) is 47.2. The quantitative estimate of drug-likeness (QED) is 0.413. The number of pyridine rings is 1. The summed E-state index contributed by atoms with van der Waals surface area (Å²) in [7, 11) is 3.15. The third-order valence-corrected chi connectivity index (χ3v) is 7.86. The molecule has 0 radical (unpaired) electrons. The van der Waals surface area contributed by atoms with Crippen molar-refractivity contribution in [3.05, 3.63) is 69.0 Å². The molecule has 9 nitrogen and oxygen atoms in total. The van der Waals surface area contributed by atoms with E-state index in [1.54, 1.807) is 28.9 Å². The summed E-state index contributed by atoms with van der Waals surface area (Å²) in [6, 6.07) is 10.1. The van der Waals surface area contributed by atoms with Crippen LogP contribution in [0.25, 0.3) is 10.9 Å². The number of hydrogen-bond acceptors (Lipinski definition) is 5. The zero-order chi connectivity index (χ0) is 29.1. The molecule has 0 spiro atoms. The van der Waals surface area contributed by atoms with Gasteiger partial charge in [-0.1, -0.05) is 11.6 Å². The van der Waals surface area contributed by atoms with Crippen molar-refractivity contribution < 1.29 is 19.1 Å². The lowest BCUT2D eigenvalue weighted by Gasteiger charge is -2.40. The molecular formula is C31H40N4O5. The van der Waals surface area contributed by atoms with Crippen LogP contribution in [0.1, 0.15) is 56.0 Å². The van der Waals surface area contributed by atoms with E-state index in [0.717, 1.165) is 22.1 Å². The number of benzene rings is 2. The van der Waals surface area contributed by atoms with Crippen LogP contribution in [-0.2, 0) is 6.42 Å². The molecular weight excluding hydrogens is 508 g/mol. The van der Waals surface area contributed by atoms with Crippen molar-refractivity contribution in [2.75, 3.05) is 46.9 Å². The number of nitrogens with zero attached hydrogens (tertiary/aromatic N) is 4. The molecule has 214 valence electrons. The van der Waals surface area contributed by atoms with Gasteiger partial charge in [-0.05, 0) is 87.9 Å². The number of fused-ring (bicyclic) bond motifs is 2. The van der Waals surface area contributed by atoms with Crippen LogP contribution >= 0.6 is 0 Å². The van der Waals surface area contributed by atoms with Gasteiger partial charge in [0, 0.05) is 38.3 Å². The smallest absolute Gasteiger partial charge is 0.331 e. The fraction of sp³-hybridized carbons (Fsp3) is 0.452. The van der Waals surface area contributed by atoms with Crippen molar-refractivity contribution in [2.24, 2.45) is 0 Å². The molecule has 1 atom stereocenters. The molecule has 4 rings (SSSR count). The van der Waals surface area contributed by atoms with Gasteiger partial charge in [0.1, 0.15) is 0 Å². The van der Waals surface area contributed by atoms with E-state index >= 15 is 0 Å². The summed E-state index contributed by atoms with van der Waals surface area (Å²) >= 11 is 0. The number of amides is 3. The maximum atomic E-state index is 14.4. The van der Waals surface area contributed by atoms with Gasteiger partial charge in [-0.3, -0.25) is 4.79 Å². The maximum Gasteiger partial charge on any atom is 0.331 e. The summed E-state index contributed by atoms with van der Waals surface area (Å²) in [6.07, 6.45) is 0.596. The van der Waals surface area contributed by atoms with Crippen LogP contribution < -0.4 is 15.0 Å². The van der Waals surface area contributed by atoms with Gasteiger partial charge in [0.25, 0.3) is 5.56 Å². The summed E-state index contributed by atoms with van der Waals surface area (Å²) in [5, 5.41) is 0.762. The first-order valence-corrected chi connectivity index (χ1v) is 14.0. The zero-order valence-electron chi connectivity index (χ0n) is 24.6. The SMILES string of the molecule is CCN(CC)C(=O)N1CCc2cc(OC)c(OC)cc2[C@@H]1c1cc2cc(C)ccc2n(C(=O)N(CC)CC)c1=O. The molecule has 2 heterocycles. The average Bonchev–Trinajstić information content (AvgIpc) is 2.96. The zero-order valence-corrected chi connectivity index (χ0v) is 24.6. The topological polar surface area (TPSA) is 84.3 Å². The van der Waals surface area contributed by atoms with Crippen LogP contribution in [0.2, 0.25) is 0 Å². The van der Waals surface area contributed by atoms with Gasteiger partial charge < -0.3 is 24.2 Å². The molecule has 0 saturated carbocycles. The Morgan fingerprint density at radius 2 is 1.45 bits per heavy atom. The third-order valence-electron chi connectivity index (χ3n) is 7.86. The highest BCUT2D eigenvalue weighted by molar-refractivity contribution is 5.91. The first-order valence-electron chi connectivity index (χ1n) is 14.0. The molecule has 0 fully saturated rings. The Labute approximate surface area is 235 Å². The van der Waals surface area contributed by atoms with Crippen LogP contribution in [0.3, 0.4) is 0 Å². The Balaban J connectivity index is 2.07. The normalized spacial score (nSPS) is 14.6. The minimum atomic E-state index is -0.718. The summed E-state index contributed by atoms with van der Waals surface area (Å²) < 4.78 is 12.5. The lowest BCUT2D eigenvalue weighted by molar-refractivity contribution is 0.141. The molecule has 2 aromatic carbocycles. The predicted octanol–water partition coefficient (Wildman–Crippen LogP) is 5.05. The van der Waals surface area contributed by atoms with E-state index in [0.29, 0.717) is 61.7 Å². The van der Waals surface area contributed by atoms with Gasteiger partial charge in [-0.25, -0.2) is 14.2 Å². The Kier molecular flexibility index (Phi) is 8.71. The van der Waals surface area contributed by atoms with Crippen LogP contribution in [0.5, 0.6) is 11.5 Å². The number of hydrogen-bond donors (Lipinski definition) is 0. The molecule has 0 N–H and O–H groups in total. The average molecular weight is 549 g/mol. The minimum Gasteiger partial charge on any atom is -0.493 e. The molecule has 1 aromatic heterocycles. The first kappa shape index (κ1) is 29.0. The second kappa shape index (κ2) is 12.0. The molecule has 0 aliphatic carbocycles. The van der Waals surface area contributed by atoms with Gasteiger partial charge in [-0.2, -0.15) is 0 Å². The van der Waals surface area contributed by atoms with E-state index in [4.69, 9.17) is 9.47 Å². The number of aryl methyl sites for hydroxylation is 1. The number of carbonyl (C=O) groups is 2. The molecule has 1 aliphatic rings. The van der Waals surface area contributed by atoms with Crippen molar-refractivity contribution in [3.63, 3.8) is 0 Å². The number of carbonyl (C=O) groups excluding carboxylic acids is 2. The van der Waals surface area contributed by atoms with E-state index in [1.807, 2.05) is 71.0 Å². The van der Waals surface area contributed by atoms with Crippen molar-refractivity contribution in [2.45, 2.75) is 47.1 Å². The van der Waals surface area contributed by atoms with Gasteiger partial charge in [0.15, 0.2) is 11.5 Å². The summed E-state index contributed by atoms with van der Waals surface area (Å²) in [5.74, 6) is 1.10. The van der Waals surface area contributed by atoms with E-state index in [9.17, 15) is 14.4 Å². The second-order valence-electron chi connectivity index (χ2n) is 9.96. The highest BCUT2D eigenvalue weighted by Crippen LogP contribution is 2.41. The molecule has 0 unspecified atom stereocenters. The predicted molar refractivity (Wildman–Crippen MR) is 157 cm³/mol. The second-order valence-corrected chi connectivity index (χ2v) is 9.96. The summed E-state index contributed by atoms with van der Waals surface area (Å²) in [5.41, 5.74) is 3.24. The first-order chi connectivity index (χ1) is 19.2. The van der Waals surface area contributed by atoms with E-state index < -0.39 is 11.6 Å². The van der Waals surface area contributed by atoms with Crippen molar-refractivity contribution >= 4 is 23.0 Å². The molecule has 1 aliphatic heterocycles. The molecule has 9 heteroatoms. The fourth-order valence-corrected chi connectivity index (χ4v) is 5.65. The van der Waals surface area contributed by atoms with Crippen LogP contribution in [0, 0.1) is 6.92 Å². The van der Waals surface area contributed by atoms with Crippen LogP contribution in [0.4, 0.5) is 9.59 Å². The number of aromatic nitrogens is 1. The van der Waals surface area contributed by atoms with Crippen LogP contribution in [0.15, 0.2) is 41.2 Å². The highest BCUT2D eigenvalue weighted by Gasteiger charge is 2.37. The Hall–Kier alpha value is -4.01. The lowest BCUT2D eigenvalue weighted by Crippen LogP contribution is -2.50. The number of methoxy groups -OCH3 is 2. The molecule has 40 heavy (non-hydrogen) atoms. The molecule has 3 aromatic rings. The standard InChI is InChI=1S/C31H40N4O5/c1-8-32(9-2)30(37)34-15-14-21-18-26(39-6)27(40-7)19-23(21)28(34)24-17-22-16-20(5)12-13-25(22)35(29(24)36)31(38)33(10-3)11-4/h12-13,16-19,28H,8-11,14-15H2,1-7H3/t28-/m1/s1. The molecule has 3 amide bonds. The van der Waals surface area contributed by atoms with E-state index in [2.05, 4.69) is 0 Å². The maximum absolute atomic E-state index is 14.4. The molecule has 0 bridgehead atoms. The lowest BCUT2D eigenvalue weighted by atomic mass is 9.87. The van der Waals surface area contributed by atoms with Crippen molar-refractivity contribution in [1.29, 1.82) is 0 Å². The Morgan fingerprint density at radius 1 is 0.850 bits per heavy atom. The van der Waals surface area contributed by atoms with Crippen molar-refractivity contribution in [1.82, 2.24) is 19.3 Å². The number of rotatable bonds is 7. The Bertz CT molecular complexity index is 1470. The largest absolute Gasteiger partial charge is 0.493 e.